The number of hydrogen-bond donors (Lipinski definition) is 0. The smallest absolute Gasteiger partial charge is 0.244 e. The maximum atomic E-state index is 13.9. The van der Waals surface area contributed by atoms with Crippen LogP contribution in [0.15, 0.2) is 81.3 Å². The number of sulfonamides is 1. The number of halogens is 1. The van der Waals surface area contributed by atoms with Crippen LogP contribution < -0.4 is 4.74 Å². The zero-order valence-corrected chi connectivity index (χ0v) is 25.4. The maximum absolute atomic E-state index is 13.9. The molecular formula is C30H32BrN5O3S. The first-order chi connectivity index (χ1) is 19.2. The lowest BCUT2D eigenvalue weighted by Crippen LogP contribution is -2.44. The first-order valence-corrected chi connectivity index (χ1v) is 15.7. The van der Waals surface area contributed by atoms with Crippen molar-refractivity contribution in [2.75, 3.05) is 20.2 Å². The number of amidine groups is 1. The van der Waals surface area contributed by atoms with Gasteiger partial charge in [0.05, 0.1) is 29.4 Å². The average Bonchev–Trinajstić information content (AvgIpc) is 3.27. The van der Waals surface area contributed by atoms with Crippen molar-refractivity contribution in [1.29, 1.82) is 0 Å². The number of rotatable bonds is 5. The number of aryl methyl sites for hydroxylation is 1. The Balaban J connectivity index is 1.53. The summed E-state index contributed by atoms with van der Waals surface area (Å²) in [6, 6.07) is 15.4. The number of aliphatic imine (C=N–C) groups is 1. The summed E-state index contributed by atoms with van der Waals surface area (Å²) in [6.07, 6.45) is 6.22. The first kappa shape index (κ1) is 27.0. The minimum absolute atomic E-state index is 0.253. The standard InChI is InChI=1S/C30H32BrN5O3S/c1-19-14-20(2)17-34(16-19)40(37,38)24-11-13-27-32-30-28(21(3)33-36(30)23-8-6-5-7-9-23)29(35(27)18-24)25-15-22(31)10-12-26(25)39-4/h5-13,15,18-20,29H,14,16-17H2,1-4H3/t19-,20-,29+/m0/s1. The Morgan fingerprint density at radius 1 is 1.02 bits per heavy atom. The molecule has 4 heterocycles. The highest BCUT2D eigenvalue weighted by Gasteiger charge is 2.40. The molecule has 0 amide bonds. The van der Waals surface area contributed by atoms with E-state index >= 15 is 0 Å². The molecule has 3 atom stereocenters. The molecule has 0 spiro atoms. The highest BCUT2D eigenvalue weighted by Crippen LogP contribution is 2.47. The summed E-state index contributed by atoms with van der Waals surface area (Å²) in [6.45, 7) is 7.24. The molecule has 1 aromatic heterocycles. The average molecular weight is 623 g/mol. The van der Waals surface area contributed by atoms with Gasteiger partial charge in [-0.05, 0) is 67.7 Å². The van der Waals surface area contributed by atoms with Gasteiger partial charge in [0.15, 0.2) is 5.82 Å². The van der Waals surface area contributed by atoms with Crippen molar-refractivity contribution in [2.24, 2.45) is 16.8 Å². The number of allylic oxidation sites excluding steroid dienone is 1. The van der Waals surface area contributed by atoms with Crippen LogP contribution in [0, 0.1) is 18.8 Å². The summed E-state index contributed by atoms with van der Waals surface area (Å²) in [7, 11) is -2.06. The largest absolute Gasteiger partial charge is 0.496 e. The molecular weight excluding hydrogens is 590 g/mol. The fraction of sp³-hybridized carbons (Fsp3) is 0.333. The number of piperidine rings is 1. The van der Waals surface area contributed by atoms with Crippen LogP contribution in [0.2, 0.25) is 0 Å². The predicted molar refractivity (Wildman–Crippen MR) is 160 cm³/mol. The van der Waals surface area contributed by atoms with Crippen molar-refractivity contribution in [1.82, 2.24) is 19.0 Å². The third-order valence-electron chi connectivity index (χ3n) is 7.74. The molecule has 0 N–H and O–H groups in total. The van der Waals surface area contributed by atoms with E-state index in [0.717, 1.165) is 33.4 Å². The molecule has 0 saturated carbocycles. The van der Waals surface area contributed by atoms with E-state index in [1.807, 2.05) is 65.0 Å². The van der Waals surface area contributed by atoms with E-state index in [1.54, 1.807) is 29.8 Å². The van der Waals surface area contributed by atoms with Crippen molar-refractivity contribution < 1.29 is 13.2 Å². The summed E-state index contributed by atoms with van der Waals surface area (Å²) in [5.74, 6) is 2.66. The Kier molecular flexibility index (Phi) is 6.96. The lowest BCUT2D eigenvalue weighted by atomic mass is 9.94. The lowest BCUT2D eigenvalue weighted by Gasteiger charge is -2.38. The molecule has 208 valence electrons. The van der Waals surface area contributed by atoms with Gasteiger partial charge in [-0.3, -0.25) is 0 Å². The van der Waals surface area contributed by atoms with Crippen molar-refractivity contribution in [3.05, 3.63) is 93.1 Å². The Morgan fingerprint density at radius 2 is 1.75 bits per heavy atom. The van der Waals surface area contributed by atoms with Gasteiger partial charge in [-0.15, -0.1) is 0 Å². The number of hydrogen-bond acceptors (Lipinski definition) is 6. The Morgan fingerprint density at radius 3 is 2.45 bits per heavy atom. The lowest BCUT2D eigenvalue weighted by molar-refractivity contribution is 0.224. The molecule has 0 radical (unpaired) electrons. The molecule has 6 rings (SSSR count). The van der Waals surface area contributed by atoms with Gasteiger partial charge < -0.3 is 9.64 Å². The van der Waals surface area contributed by atoms with Gasteiger partial charge in [0.25, 0.3) is 0 Å². The van der Waals surface area contributed by atoms with Crippen molar-refractivity contribution in [2.45, 2.75) is 33.2 Å². The van der Waals surface area contributed by atoms with E-state index in [4.69, 9.17) is 14.8 Å². The monoisotopic (exact) mass is 621 g/mol. The molecule has 40 heavy (non-hydrogen) atoms. The van der Waals surface area contributed by atoms with E-state index in [9.17, 15) is 8.42 Å². The van der Waals surface area contributed by atoms with Gasteiger partial charge in [0.1, 0.15) is 11.6 Å². The molecule has 0 aliphatic carbocycles. The van der Waals surface area contributed by atoms with Gasteiger partial charge in [0.2, 0.25) is 10.0 Å². The Hall–Kier alpha value is -3.21. The minimum Gasteiger partial charge on any atom is -0.496 e. The van der Waals surface area contributed by atoms with Crippen LogP contribution >= 0.6 is 15.9 Å². The second-order valence-electron chi connectivity index (χ2n) is 10.9. The molecule has 1 saturated heterocycles. The van der Waals surface area contributed by atoms with Gasteiger partial charge in [-0.2, -0.15) is 9.40 Å². The molecule has 3 aliphatic heterocycles. The maximum Gasteiger partial charge on any atom is 0.244 e. The van der Waals surface area contributed by atoms with Crippen molar-refractivity contribution in [3.63, 3.8) is 0 Å². The van der Waals surface area contributed by atoms with Crippen molar-refractivity contribution >= 4 is 37.6 Å². The van der Waals surface area contributed by atoms with E-state index in [-0.39, 0.29) is 4.91 Å². The quantitative estimate of drug-likeness (QED) is 0.344. The SMILES string of the molecule is COc1ccc(Br)cc1[C@@H]1c2c(C)nn(-c3ccccc3)c2N=C2C=CC(S(=O)(=O)N3C[C@@H](C)C[C@H](C)C3)=CN21. The molecule has 8 nitrogen and oxygen atoms in total. The highest BCUT2D eigenvalue weighted by molar-refractivity contribution is 9.10. The predicted octanol–water partition coefficient (Wildman–Crippen LogP) is 6.11. The number of aromatic nitrogens is 2. The zero-order chi connectivity index (χ0) is 28.2. The molecule has 1 fully saturated rings. The number of nitrogens with zero attached hydrogens (tertiary/aromatic N) is 5. The molecule has 0 bridgehead atoms. The van der Waals surface area contributed by atoms with Crippen molar-refractivity contribution in [3.8, 4) is 11.4 Å². The van der Waals surface area contributed by atoms with Crippen LogP contribution in [0.25, 0.3) is 5.69 Å². The van der Waals surface area contributed by atoms with Gasteiger partial charge in [0, 0.05) is 34.9 Å². The number of ether oxygens (including phenoxy) is 1. The normalized spacial score (nSPS) is 22.8. The second-order valence-corrected chi connectivity index (χ2v) is 13.7. The Labute approximate surface area is 243 Å². The third kappa shape index (κ3) is 4.61. The van der Waals surface area contributed by atoms with Crippen LogP contribution in [-0.2, 0) is 10.0 Å². The van der Waals surface area contributed by atoms with Gasteiger partial charge in [-0.25, -0.2) is 18.1 Å². The molecule has 0 unspecified atom stereocenters. The summed E-state index contributed by atoms with van der Waals surface area (Å²) in [5.41, 5.74) is 3.48. The molecule has 10 heteroatoms. The van der Waals surface area contributed by atoms with Gasteiger partial charge >= 0.3 is 0 Å². The summed E-state index contributed by atoms with van der Waals surface area (Å²) >= 11 is 3.63. The number of methoxy groups -OCH3 is 1. The van der Waals surface area contributed by atoms with Crippen LogP contribution in [-0.4, -0.2) is 53.4 Å². The Bertz CT molecular complexity index is 1650. The summed E-state index contributed by atoms with van der Waals surface area (Å²) in [4.78, 5) is 7.22. The van der Waals surface area contributed by atoms with E-state index < -0.39 is 16.1 Å². The molecule has 2 aromatic carbocycles. The minimum atomic E-state index is -3.71. The zero-order valence-electron chi connectivity index (χ0n) is 23.0. The molecule has 3 aromatic rings. The number of benzene rings is 2. The topological polar surface area (TPSA) is 80.0 Å². The van der Waals surface area contributed by atoms with Crippen LogP contribution in [0.3, 0.4) is 0 Å². The van der Waals surface area contributed by atoms with E-state index in [1.165, 1.54) is 0 Å². The van der Waals surface area contributed by atoms with Gasteiger partial charge in [-0.1, -0.05) is 48.0 Å². The summed E-state index contributed by atoms with van der Waals surface area (Å²) < 4.78 is 38.0. The van der Waals surface area contributed by atoms with E-state index in [0.29, 0.717) is 42.3 Å². The second kappa shape index (κ2) is 10.3. The van der Waals surface area contributed by atoms with Crippen LogP contribution in [0.1, 0.15) is 43.1 Å². The first-order valence-electron chi connectivity index (χ1n) is 13.4. The van der Waals surface area contributed by atoms with Crippen LogP contribution in [0.5, 0.6) is 5.75 Å². The third-order valence-corrected chi connectivity index (χ3v) is 10.0. The fourth-order valence-corrected chi connectivity index (χ4v) is 8.14. The fourth-order valence-electron chi connectivity index (χ4n) is 6.07. The number of para-hydroxylation sites is 1. The number of fused-ring (bicyclic) bond motifs is 2. The van der Waals surface area contributed by atoms with Crippen LogP contribution in [0.4, 0.5) is 5.82 Å². The summed E-state index contributed by atoms with van der Waals surface area (Å²) in [5, 5.41) is 4.89. The molecule has 3 aliphatic rings. The van der Waals surface area contributed by atoms with E-state index in [2.05, 4.69) is 29.8 Å². The highest BCUT2D eigenvalue weighted by atomic mass is 79.9.